The molecule has 7 heteroatoms. The lowest BCUT2D eigenvalue weighted by molar-refractivity contribution is 0.162. The molecule has 21 heavy (non-hydrogen) atoms. The maximum Gasteiger partial charge on any atom is 0.279 e. The number of aliphatic hydroxyl groups excluding tert-OH is 1. The summed E-state index contributed by atoms with van der Waals surface area (Å²) in [6.45, 7) is 0.498. The number of aliphatic hydroxyl groups is 1. The first kappa shape index (κ1) is 13.4. The SMILES string of the molecule is O=c1c2[nH]cnc2ncn1CCCC(O)c1cccnc1. The smallest absolute Gasteiger partial charge is 0.279 e. The van der Waals surface area contributed by atoms with E-state index >= 15 is 0 Å². The second kappa shape index (κ2) is 5.84. The van der Waals surface area contributed by atoms with Crippen molar-refractivity contribution in [1.29, 1.82) is 0 Å². The minimum absolute atomic E-state index is 0.145. The number of nitrogens with one attached hydrogen (secondary N) is 1. The molecule has 0 saturated carbocycles. The van der Waals surface area contributed by atoms with Crippen LogP contribution in [-0.2, 0) is 6.54 Å². The van der Waals surface area contributed by atoms with Crippen molar-refractivity contribution >= 4 is 11.2 Å². The van der Waals surface area contributed by atoms with Gasteiger partial charge in [0.05, 0.1) is 12.4 Å². The first-order valence-electron chi connectivity index (χ1n) is 6.72. The summed E-state index contributed by atoms with van der Waals surface area (Å²) < 4.78 is 1.52. The van der Waals surface area contributed by atoms with Gasteiger partial charge in [0.15, 0.2) is 11.2 Å². The average molecular weight is 285 g/mol. The van der Waals surface area contributed by atoms with Crippen molar-refractivity contribution in [2.24, 2.45) is 0 Å². The summed E-state index contributed by atoms with van der Waals surface area (Å²) >= 11 is 0. The fraction of sp³-hybridized carbons (Fsp3) is 0.286. The van der Waals surface area contributed by atoms with Crippen LogP contribution in [0.25, 0.3) is 11.2 Å². The van der Waals surface area contributed by atoms with E-state index in [0.29, 0.717) is 30.6 Å². The monoisotopic (exact) mass is 285 g/mol. The molecule has 108 valence electrons. The van der Waals surface area contributed by atoms with E-state index in [2.05, 4.69) is 19.9 Å². The Morgan fingerprint density at radius 1 is 1.38 bits per heavy atom. The molecule has 1 atom stereocenters. The van der Waals surface area contributed by atoms with E-state index in [1.807, 2.05) is 6.07 Å². The third kappa shape index (κ3) is 2.82. The molecule has 0 aliphatic heterocycles. The zero-order chi connectivity index (χ0) is 14.7. The molecule has 0 fully saturated rings. The van der Waals surface area contributed by atoms with Crippen LogP contribution in [0, 0.1) is 0 Å². The van der Waals surface area contributed by atoms with Crippen LogP contribution in [-0.4, -0.2) is 29.6 Å². The second-order valence-electron chi connectivity index (χ2n) is 4.79. The molecule has 3 aromatic rings. The van der Waals surface area contributed by atoms with Gasteiger partial charge >= 0.3 is 0 Å². The number of fused-ring (bicyclic) bond motifs is 1. The van der Waals surface area contributed by atoms with Gasteiger partial charge in [-0.1, -0.05) is 6.07 Å². The van der Waals surface area contributed by atoms with Crippen molar-refractivity contribution in [3.8, 4) is 0 Å². The van der Waals surface area contributed by atoms with E-state index < -0.39 is 6.10 Å². The van der Waals surface area contributed by atoms with E-state index in [4.69, 9.17) is 0 Å². The molecular weight excluding hydrogens is 270 g/mol. The molecule has 0 saturated heterocycles. The molecule has 0 aliphatic carbocycles. The average Bonchev–Trinajstić information content (AvgIpc) is 3.00. The van der Waals surface area contributed by atoms with Crippen molar-refractivity contribution in [2.75, 3.05) is 0 Å². The predicted molar refractivity (Wildman–Crippen MR) is 76.6 cm³/mol. The van der Waals surface area contributed by atoms with Gasteiger partial charge in [0, 0.05) is 18.9 Å². The van der Waals surface area contributed by atoms with E-state index in [9.17, 15) is 9.90 Å². The van der Waals surface area contributed by atoms with Crippen LogP contribution in [0.2, 0.25) is 0 Å². The number of aryl methyl sites for hydroxylation is 1. The zero-order valence-electron chi connectivity index (χ0n) is 11.3. The summed E-state index contributed by atoms with van der Waals surface area (Å²) in [4.78, 5) is 26.9. The van der Waals surface area contributed by atoms with Crippen LogP contribution in [0.3, 0.4) is 0 Å². The Labute approximate surface area is 120 Å². The van der Waals surface area contributed by atoms with Crippen LogP contribution in [0.1, 0.15) is 24.5 Å². The van der Waals surface area contributed by atoms with Gasteiger partial charge < -0.3 is 10.1 Å². The largest absolute Gasteiger partial charge is 0.388 e. The minimum atomic E-state index is -0.571. The van der Waals surface area contributed by atoms with Gasteiger partial charge in [0.2, 0.25) is 0 Å². The molecular formula is C14H15N5O2. The normalized spacial score (nSPS) is 12.6. The Kier molecular flexibility index (Phi) is 3.74. The van der Waals surface area contributed by atoms with Gasteiger partial charge in [-0.2, -0.15) is 0 Å². The number of pyridine rings is 1. The number of aromatic amines is 1. The summed E-state index contributed by atoms with van der Waals surface area (Å²) in [5.41, 5.74) is 1.47. The van der Waals surface area contributed by atoms with Crippen LogP contribution in [0.5, 0.6) is 0 Å². The first-order chi connectivity index (χ1) is 10.3. The molecule has 0 radical (unpaired) electrons. The molecule has 7 nitrogen and oxygen atoms in total. The standard InChI is InChI=1S/C14H15N5O2/c20-11(10-3-1-5-15-7-10)4-2-6-19-9-18-13-12(14(19)21)16-8-17-13/h1,3,5,7-9,11,20H,2,4,6H2,(H,16,17). The molecule has 3 rings (SSSR count). The van der Waals surface area contributed by atoms with Crippen molar-refractivity contribution in [3.63, 3.8) is 0 Å². The van der Waals surface area contributed by atoms with Gasteiger partial charge in [-0.3, -0.25) is 14.3 Å². The summed E-state index contributed by atoms with van der Waals surface area (Å²) in [7, 11) is 0. The molecule has 0 aliphatic rings. The highest BCUT2D eigenvalue weighted by Crippen LogP contribution is 2.16. The Bertz CT molecular complexity index is 781. The van der Waals surface area contributed by atoms with Gasteiger partial charge in [-0.05, 0) is 24.5 Å². The van der Waals surface area contributed by atoms with E-state index in [1.54, 1.807) is 18.5 Å². The molecule has 0 bridgehead atoms. The molecule has 3 aromatic heterocycles. The van der Waals surface area contributed by atoms with Gasteiger partial charge in [0.25, 0.3) is 5.56 Å². The van der Waals surface area contributed by atoms with E-state index in [0.717, 1.165) is 5.56 Å². The maximum absolute atomic E-state index is 12.1. The number of hydrogen-bond donors (Lipinski definition) is 2. The molecule has 0 amide bonds. The summed E-state index contributed by atoms with van der Waals surface area (Å²) in [5.74, 6) is 0. The van der Waals surface area contributed by atoms with Crippen LogP contribution < -0.4 is 5.56 Å². The number of rotatable bonds is 5. The quantitative estimate of drug-likeness (QED) is 0.729. The lowest BCUT2D eigenvalue weighted by Crippen LogP contribution is -2.21. The number of aromatic nitrogens is 5. The topological polar surface area (TPSA) is 96.7 Å². The third-order valence-electron chi connectivity index (χ3n) is 3.36. The van der Waals surface area contributed by atoms with Crippen molar-refractivity contribution < 1.29 is 5.11 Å². The highest BCUT2D eigenvalue weighted by molar-refractivity contribution is 5.67. The molecule has 3 heterocycles. The van der Waals surface area contributed by atoms with Crippen molar-refractivity contribution in [1.82, 2.24) is 24.5 Å². The van der Waals surface area contributed by atoms with E-state index in [1.165, 1.54) is 17.2 Å². The molecule has 0 spiro atoms. The van der Waals surface area contributed by atoms with Crippen LogP contribution in [0.4, 0.5) is 0 Å². The fourth-order valence-corrected chi connectivity index (χ4v) is 2.22. The van der Waals surface area contributed by atoms with Crippen molar-refractivity contribution in [2.45, 2.75) is 25.5 Å². The predicted octanol–water partition coefficient (Wildman–Crippen LogP) is 1.03. The van der Waals surface area contributed by atoms with Gasteiger partial charge in [-0.25, -0.2) is 9.97 Å². The van der Waals surface area contributed by atoms with Gasteiger partial charge in [0.1, 0.15) is 6.33 Å². The lowest BCUT2D eigenvalue weighted by Gasteiger charge is -2.10. The lowest BCUT2D eigenvalue weighted by atomic mass is 10.1. The zero-order valence-corrected chi connectivity index (χ0v) is 11.3. The first-order valence-corrected chi connectivity index (χ1v) is 6.72. The highest BCUT2D eigenvalue weighted by atomic mass is 16.3. The van der Waals surface area contributed by atoms with Gasteiger partial charge in [-0.15, -0.1) is 0 Å². The van der Waals surface area contributed by atoms with Crippen LogP contribution >= 0.6 is 0 Å². The highest BCUT2D eigenvalue weighted by Gasteiger charge is 2.09. The Morgan fingerprint density at radius 2 is 2.29 bits per heavy atom. The number of hydrogen-bond acceptors (Lipinski definition) is 5. The Balaban J connectivity index is 1.64. The third-order valence-corrected chi connectivity index (χ3v) is 3.36. The fourth-order valence-electron chi connectivity index (χ4n) is 2.22. The minimum Gasteiger partial charge on any atom is -0.388 e. The number of H-pyrrole nitrogens is 1. The maximum atomic E-state index is 12.1. The molecule has 2 N–H and O–H groups in total. The summed E-state index contributed by atoms with van der Waals surface area (Å²) in [6, 6.07) is 3.63. The van der Waals surface area contributed by atoms with Crippen LogP contribution in [0.15, 0.2) is 42.0 Å². The Morgan fingerprint density at radius 3 is 3.10 bits per heavy atom. The number of nitrogens with zero attached hydrogens (tertiary/aromatic N) is 4. The summed E-state index contributed by atoms with van der Waals surface area (Å²) in [5, 5.41) is 10.0. The Hall–Kier alpha value is -2.54. The molecule has 1 unspecified atom stereocenters. The van der Waals surface area contributed by atoms with Crippen molar-refractivity contribution in [3.05, 3.63) is 53.1 Å². The van der Waals surface area contributed by atoms with E-state index in [-0.39, 0.29) is 5.56 Å². The molecule has 0 aromatic carbocycles. The second-order valence-corrected chi connectivity index (χ2v) is 4.79. The number of imidazole rings is 1. The summed E-state index contributed by atoms with van der Waals surface area (Å²) in [6.07, 6.45) is 6.91.